The van der Waals surface area contributed by atoms with Crippen molar-refractivity contribution in [3.8, 4) is 5.75 Å². The smallest absolute Gasteiger partial charge is 0.339 e. The van der Waals surface area contributed by atoms with E-state index in [0.717, 1.165) is 42.2 Å². The molecule has 7 heteroatoms. The molecule has 7 nitrogen and oxygen atoms in total. The highest BCUT2D eigenvalue weighted by Gasteiger charge is 2.23. The zero-order valence-corrected chi connectivity index (χ0v) is 15.4. The van der Waals surface area contributed by atoms with Crippen molar-refractivity contribution in [1.82, 2.24) is 5.32 Å². The number of aliphatic carboxylic acids is 1. The monoisotopic (exact) mass is 373 g/mol. The maximum atomic E-state index is 12.2. The van der Waals surface area contributed by atoms with E-state index in [1.165, 1.54) is 0 Å². The summed E-state index contributed by atoms with van der Waals surface area (Å²) >= 11 is 0. The van der Waals surface area contributed by atoms with Crippen LogP contribution in [-0.4, -0.2) is 29.6 Å². The summed E-state index contributed by atoms with van der Waals surface area (Å²) in [7, 11) is 0. The van der Waals surface area contributed by atoms with E-state index >= 15 is 0 Å². The van der Waals surface area contributed by atoms with Crippen LogP contribution in [-0.2, 0) is 22.4 Å². The molecule has 2 aromatic rings. The van der Waals surface area contributed by atoms with Gasteiger partial charge in [0.1, 0.15) is 17.4 Å². The van der Waals surface area contributed by atoms with Gasteiger partial charge in [0.2, 0.25) is 0 Å². The number of carboxylic acid groups (broad SMARTS) is 1. The molecule has 27 heavy (non-hydrogen) atoms. The summed E-state index contributed by atoms with van der Waals surface area (Å²) in [4.78, 5) is 35.3. The van der Waals surface area contributed by atoms with Gasteiger partial charge in [-0.15, -0.1) is 0 Å². The normalized spacial score (nSPS) is 14.6. The van der Waals surface area contributed by atoms with E-state index in [9.17, 15) is 14.4 Å². The molecule has 0 unspecified atom stereocenters. The molecule has 0 saturated heterocycles. The molecule has 0 fully saturated rings. The van der Waals surface area contributed by atoms with Crippen molar-refractivity contribution >= 4 is 22.8 Å². The van der Waals surface area contributed by atoms with Crippen LogP contribution in [0.25, 0.3) is 11.0 Å². The Bertz CT molecular complexity index is 930. The number of carbonyl (C=O) groups excluding carboxylic acids is 1. The Morgan fingerprint density at radius 3 is 2.59 bits per heavy atom. The van der Waals surface area contributed by atoms with E-state index < -0.39 is 17.9 Å². The SMILES string of the molecule is CC(C)[C@@H](NC(=O)COc1ccc2c3c(c(=O)oc2c1)CCCC3)C(=O)O. The molecule has 1 aromatic carbocycles. The minimum atomic E-state index is -1.09. The molecule has 3 rings (SSSR count). The van der Waals surface area contributed by atoms with Gasteiger partial charge in [-0.05, 0) is 49.3 Å². The number of hydrogen-bond donors (Lipinski definition) is 2. The van der Waals surface area contributed by atoms with E-state index in [1.54, 1.807) is 26.0 Å². The topological polar surface area (TPSA) is 106 Å². The molecule has 0 spiro atoms. The Labute approximate surface area is 156 Å². The van der Waals surface area contributed by atoms with E-state index in [-0.39, 0.29) is 18.2 Å². The first-order valence-electron chi connectivity index (χ1n) is 9.10. The summed E-state index contributed by atoms with van der Waals surface area (Å²) in [6.45, 7) is 3.11. The third-order valence-electron chi connectivity index (χ3n) is 4.81. The molecule has 0 aliphatic heterocycles. The summed E-state index contributed by atoms with van der Waals surface area (Å²) in [5.74, 6) is -1.47. The van der Waals surface area contributed by atoms with E-state index in [4.69, 9.17) is 14.3 Å². The highest BCUT2D eigenvalue weighted by atomic mass is 16.5. The number of carbonyl (C=O) groups is 2. The van der Waals surface area contributed by atoms with Crippen LogP contribution in [0.2, 0.25) is 0 Å². The minimum Gasteiger partial charge on any atom is -0.484 e. The zero-order chi connectivity index (χ0) is 19.6. The highest BCUT2D eigenvalue weighted by Crippen LogP contribution is 2.29. The number of nitrogens with one attached hydrogen (secondary N) is 1. The molecule has 2 N–H and O–H groups in total. The Kier molecular flexibility index (Phi) is 5.48. The van der Waals surface area contributed by atoms with Gasteiger partial charge in [0, 0.05) is 17.0 Å². The van der Waals surface area contributed by atoms with E-state index in [1.807, 2.05) is 6.07 Å². The van der Waals surface area contributed by atoms with Crippen molar-refractivity contribution in [3.63, 3.8) is 0 Å². The Balaban J connectivity index is 1.74. The summed E-state index contributed by atoms with van der Waals surface area (Å²) in [6, 6.07) is 4.18. The fourth-order valence-corrected chi connectivity index (χ4v) is 3.39. The molecule has 0 radical (unpaired) electrons. The third kappa shape index (κ3) is 4.13. The molecule has 1 atom stereocenters. The number of fused-ring (bicyclic) bond motifs is 3. The fourth-order valence-electron chi connectivity index (χ4n) is 3.39. The standard InChI is InChI=1S/C20H23NO6/c1-11(2)18(19(23)24)21-17(22)10-26-12-7-8-14-13-5-3-4-6-15(13)20(25)27-16(14)9-12/h7-9,11,18H,3-6,10H2,1-2H3,(H,21,22)(H,23,24)/t18-/m1/s1. The quantitative estimate of drug-likeness (QED) is 0.753. The highest BCUT2D eigenvalue weighted by molar-refractivity contribution is 5.85. The second kappa shape index (κ2) is 7.82. The lowest BCUT2D eigenvalue weighted by Crippen LogP contribution is -2.46. The molecule has 1 heterocycles. The molecule has 1 aliphatic carbocycles. The summed E-state index contributed by atoms with van der Waals surface area (Å²) in [5.41, 5.74) is 1.92. The Morgan fingerprint density at radius 1 is 1.22 bits per heavy atom. The van der Waals surface area contributed by atoms with Gasteiger partial charge in [-0.1, -0.05) is 13.8 Å². The van der Waals surface area contributed by atoms with Gasteiger partial charge >= 0.3 is 11.6 Å². The van der Waals surface area contributed by atoms with Crippen molar-refractivity contribution in [1.29, 1.82) is 0 Å². The number of benzene rings is 1. The summed E-state index contributed by atoms with van der Waals surface area (Å²) in [6.07, 6.45) is 3.64. The van der Waals surface area contributed by atoms with E-state index in [2.05, 4.69) is 5.32 Å². The van der Waals surface area contributed by atoms with Crippen LogP contribution in [0.1, 0.15) is 37.8 Å². The number of carboxylic acids is 1. The van der Waals surface area contributed by atoms with E-state index in [0.29, 0.717) is 11.3 Å². The third-order valence-corrected chi connectivity index (χ3v) is 4.81. The first kappa shape index (κ1) is 18.9. The Morgan fingerprint density at radius 2 is 1.93 bits per heavy atom. The van der Waals surface area contributed by atoms with Crippen molar-refractivity contribution in [2.75, 3.05) is 6.61 Å². The second-order valence-corrected chi connectivity index (χ2v) is 7.13. The molecule has 0 bridgehead atoms. The van der Waals surface area contributed by atoms with Crippen LogP contribution >= 0.6 is 0 Å². The molecular formula is C20H23NO6. The lowest BCUT2D eigenvalue weighted by Gasteiger charge is -2.18. The van der Waals surface area contributed by atoms with Gasteiger partial charge in [0.05, 0.1) is 0 Å². The fraction of sp³-hybridized carbons (Fsp3) is 0.450. The largest absolute Gasteiger partial charge is 0.484 e. The second-order valence-electron chi connectivity index (χ2n) is 7.13. The van der Waals surface area contributed by atoms with Crippen LogP contribution in [0.3, 0.4) is 0 Å². The van der Waals surface area contributed by atoms with Crippen molar-refractivity contribution < 1.29 is 23.8 Å². The van der Waals surface area contributed by atoms with Crippen molar-refractivity contribution in [2.24, 2.45) is 5.92 Å². The maximum Gasteiger partial charge on any atom is 0.339 e. The molecule has 1 aromatic heterocycles. The number of hydrogen-bond acceptors (Lipinski definition) is 5. The number of aryl methyl sites for hydroxylation is 1. The average molecular weight is 373 g/mol. The number of rotatable bonds is 6. The van der Waals surface area contributed by atoms with Gasteiger partial charge in [0.25, 0.3) is 5.91 Å². The summed E-state index contributed by atoms with van der Waals surface area (Å²) in [5, 5.41) is 12.5. The molecule has 1 aliphatic rings. The van der Waals surface area contributed by atoms with Crippen LogP contribution in [0, 0.1) is 5.92 Å². The lowest BCUT2D eigenvalue weighted by molar-refractivity contribution is -0.143. The summed E-state index contributed by atoms with van der Waals surface area (Å²) < 4.78 is 10.9. The van der Waals surface area contributed by atoms with Crippen LogP contribution in [0.5, 0.6) is 5.75 Å². The van der Waals surface area contributed by atoms with Gasteiger partial charge in [0.15, 0.2) is 6.61 Å². The van der Waals surface area contributed by atoms with Gasteiger partial charge in [-0.2, -0.15) is 0 Å². The molecule has 144 valence electrons. The predicted molar refractivity (Wildman–Crippen MR) is 99.0 cm³/mol. The maximum absolute atomic E-state index is 12.2. The molecule has 0 saturated carbocycles. The molecular weight excluding hydrogens is 350 g/mol. The number of ether oxygens (including phenoxy) is 1. The van der Waals surface area contributed by atoms with Crippen LogP contribution < -0.4 is 15.7 Å². The average Bonchev–Trinajstić information content (AvgIpc) is 2.64. The molecule has 1 amide bonds. The van der Waals surface area contributed by atoms with Crippen LogP contribution in [0.15, 0.2) is 27.4 Å². The van der Waals surface area contributed by atoms with Gasteiger partial charge in [-0.25, -0.2) is 9.59 Å². The van der Waals surface area contributed by atoms with Gasteiger partial charge < -0.3 is 19.6 Å². The van der Waals surface area contributed by atoms with Gasteiger partial charge in [-0.3, -0.25) is 4.79 Å². The number of amides is 1. The van der Waals surface area contributed by atoms with Crippen LogP contribution in [0.4, 0.5) is 0 Å². The first-order valence-corrected chi connectivity index (χ1v) is 9.10. The Hall–Kier alpha value is -2.83. The lowest BCUT2D eigenvalue weighted by atomic mass is 9.91. The van der Waals surface area contributed by atoms with Crippen molar-refractivity contribution in [2.45, 2.75) is 45.6 Å². The van der Waals surface area contributed by atoms with Crippen molar-refractivity contribution in [3.05, 3.63) is 39.7 Å². The minimum absolute atomic E-state index is 0.243. The zero-order valence-electron chi connectivity index (χ0n) is 15.4. The predicted octanol–water partition coefficient (Wildman–Crippen LogP) is 2.28. The first-order chi connectivity index (χ1) is 12.9.